The summed E-state index contributed by atoms with van der Waals surface area (Å²) in [5.41, 5.74) is 3.78. The highest BCUT2D eigenvalue weighted by Gasteiger charge is 2.24. The maximum Gasteiger partial charge on any atom is 0.172 e. The van der Waals surface area contributed by atoms with E-state index in [1.807, 2.05) is 55.6 Å². The molecule has 1 aliphatic heterocycles. The number of aliphatic imine (C=N–C) groups is 1. The van der Waals surface area contributed by atoms with Gasteiger partial charge in [0, 0.05) is 30.9 Å². The molecule has 1 aliphatic rings. The van der Waals surface area contributed by atoms with E-state index in [1.54, 1.807) is 0 Å². The number of benzene rings is 1. The lowest BCUT2D eigenvalue weighted by molar-refractivity contribution is 0.273. The Labute approximate surface area is 247 Å². The van der Waals surface area contributed by atoms with E-state index in [0.717, 1.165) is 84.4 Å². The van der Waals surface area contributed by atoms with Gasteiger partial charge in [-0.05, 0) is 87.6 Å². The Hall–Kier alpha value is -3.80. The third-order valence-electron chi connectivity index (χ3n) is 6.76. The molecule has 0 saturated carbocycles. The van der Waals surface area contributed by atoms with E-state index in [-0.39, 0.29) is 0 Å². The van der Waals surface area contributed by atoms with Crippen molar-refractivity contribution in [2.45, 2.75) is 74.1 Å². The summed E-state index contributed by atoms with van der Waals surface area (Å²) in [7, 11) is 0. The van der Waals surface area contributed by atoms with Gasteiger partial charge >= 0.3 is 0 Å². The van der Waals surface area contributed by atoms with E-state index in [1.165, 1.54) is 0 Å². The first-order chi connectivity index (χ1) is 19.9. The molecule has 2 aromatic rings. The molecule has 1 atom stereocenters. The molecule has 0 amide bonds. The number of pyridine rings is 1. The zero-order valence-corrected chi connectivity index (χ0v) is 26.0. The molecule has 41 heavy (non-hydrogen) atoms. The number of unbranched alkanes of at least 4 members (excludes halogenated alkanes) is 1. The standard InChI is InChI=1S/C35H48N4O2/c1-8-12-15-16-17-30(11-4)41-31-19-18-29(22-27(31)6)37-34(36-20-13-9-2)33-28(7)23-32-35(38-33)39(21-14-10-3)24-26(5)25-40-32/h11-13,15-20,22-23,26H,8-10,14,21,24-25H2,1-7H3,(H,36,37)/b15-12+,17-16-,20-13+,30-11+. The van der Waals surface area contributed by atoms with Crippen LogP contribution in [0.1, 0.15) is 77.1 Å². The van der Waals surface area contributed by atoms with Crippen molar-refractivity contribution in [3.05, 3.63) is 89.5 Å². The van der Waals surface area contributed by atoms with Crippen molar-refractivity contribution < 1.29 is 9.47 Å². The lowest BCUT2D eigenvalue weighted by Gasteiger charge is -2.25. The van der Waals surface area contributed by atoms with E-state index in [4.69, 9.17) is 19.5 Å². The van der Waals surface area contributed by atoms with Crippen molar-refractivity contribution >= 4 is 17.3 Å². The molecule has 0 saturated heterocycles. The molecular formula is C35H48N4O2. The molecule has 6 heteroatoms. The van der Waals surface area contributed by atoms with Crippen molar-refractivity contribution in [1.29, 1.82) is 0 Å². The number of nitrogens with zero attached hydrogens (tertiary/aromatic N) is 3. The first-order valence-electron chi connectivity index (χ1n) is 15.1. The zero-order chi connectivity index (χ0) is 29.6. The summed E-state index contributed by atoms with van der Waals surface area (Å²) in [4.78, 5) is 12.4. The van der Waals surface area contributed by atoms with Crippen LogP contribution in [0.15, 0.2) is 77.7 Å². The second-order valence-electron chi connectivity index (χ2n) is 10.6. The van der Waals surface area contributed by atoms with Gasteiger partial charge in [-0.2, -0.15) is 0 Å². The van der Waals surface area contributed by atoms with Crippen LogP contribution in [-0.2, 0) is 0 Å². The van der Waals surface area contributed by atoms with E-state index in [0.29, 0.717) is 18.4 Å². The van der Waals surface area contributed by atoms with Crippen LogP contribution in [0.4, 0.5) is 11.5 Å². The Kier molecular flexibility index (Phi) is 12.7. The molecule has 0 spiro atoms. The Balaban J connectivity index is 1.93. The first kappa shape index (κ1) is 31.7. The number of allylic oxidation sites excluding steroid dienone is 6. The van der Waals surface area contributed by atoms with Crippen LogP contribution in [0.5, 0.6) is 11.5 Å². The van der Waals surface area contributed by atoms with Crippen LogP contribution >= 0.6 is 0 Å². The SMILES string of the molecule is C\C=C(/C=C\C=C\CC)Oc1ccc(NC(=N/C=C/CC)c2nc3c(cc2C)OCC(C)CN3CCCC)cc1C. The number of anilines is 2. The van der Waals surface area contributed by atoms with Gasteiger partial charge in [-0.25, -0.2) is 9.98 Å². The van der Waals surface area contributed by atoms with Gasteiger partial charge in [0.15, 0.2) is 17.4 Å². The lowest BCUT2D eigenvalue weighted by atomic mass is 10.1. The Morgan fingerprint density at radius 3 is 2.63 bits per heavy atom. The van der Waals surface area contributed by atoms with E-state index < -0.39 is 0 Å². The monoisotopic (exact) mass is 556 g/mol. The van der Waals surface area contributed by atoms with Crippen LogP contribution in [-0.4, -0.2) is 30.5 Å². The minimum absolute atomic E-state index is 0.429. The number of amidine groups is 1. The summed E-state index contributed by atoms with van der Waals surface area (Å²) in [5, 5.41) is 3.55. The molecule has 220 valence electrons. The smallest absolute Gasteiger partial charge is 0.172 e. The van der Waals surface area contributed by atoms with Crippen LogP contribution in [0.2, 0.25) is 0 Å². The molecule has 0 radical (unpaired) electrons. The molecule has 0 aliphatic carbocycles. The summed E-state index contributed by atoms with van der Waals surface area (Å²) >= 11 is 0. The van der Waals surface area contributed by atoms with Crippen molar-refractivity contribution in [3.63, 3.8) is 0 Å². The molecule has 1 aromatic carbocycles. The highest BCUT2D eigenvalue weighted by Crippen LogP contribution is 2.33. The number of nitrogens with one attached hydrogen (secondary N) is 1. The Bertz CT molecular complexity index is 1290. The topological polar surface area (TPSA) is 59.0 Å². The summed E-state index contributed by atoms with van der Waals surface area (Å²) < 4.78 is 12.4. The number of aromatic nitrogens is 1. The van der Waals surface area contributed by atoms with E-state index in [2.05, 4.69) is 70.0 Å². The number of hydrogen-bond acceptors (Lipinski definition) is 5. The largest absolute Gasteiger partial charge is 0.489 e. The van der Waals surface area contributed by atoms with Gasteiger partial charge in [0.05, 0.1) is 6.61 Å². The van der Waals surface area contributed by atoms with E-state index >= 15 is 0 Å². The fraction of sp³-hybridized carbons (Fsp3) is 0.429. The van der Waals surface area contributed by atoms with Crippen molar-refractivity contribution in [3.8, 4) is 11.5 Å². The van der Waals surface area contributed by atoms with Gasteiger partial charge in [0.25, 0.3) is 0 Å². The Morgan fingerprint density at radius 2 is 1.93 bits per heavy atom. The van der Waals surface area contributed by atoms with E-state index in [9.17, 15) is 0 Å². The van der Waals surface area contributed by atoms with Gasteiger partial charge in [0.2, 0.25) is 0 Å². The Morgan fingerprint density at radius 1 is 1.12 bits per heavy atom. The second-order valence-corrected chi connectivity index (χ2v) is 10.6. The van der Waals surface area contributed by atoms with Crippen LogP contribution in [0.25, 0.3) is 0 Å². The summed E-state index contributed by atoms with van der Waals surface area (Å²) in [6.45, 7) is 17.4. The second kappa shape index (κ2) is 16.5. The fourth-order valence-corrected chi connectivity index (χ4v) is 4.49. The zero-order valence-electron chi connectivity index (χ0n) is 26.0. The molecule has 0 fully saturated rings. The summed E-state index contributed by atoms with van der Waals surface area (Å²) in [5.74, 6) is 4.50. The number of hydrogen-bond donors (Lipinski definition) is 1. The molecule has 2 heterocycles. The van der Waals surface area contributed by atoms with Gasteiger partial charge in [-0.3, -0.25) is 0 Å². The average molecular weight is 557 g/mol. The van der Waals surface area contributed by atoms with Gasteiger partial charge in [-0.1, -0.05) is 58.4 Å². The average Bonchev–Trinajstić information content (AvgIpc) is 3.11. The summed E-state index contributed by atoms with van der Waals surface area (Å²) in [6.07, 6.45) is 18.2. The maximum atomic E-state index is 6.20. The predicted octanol–water partition coefficient (Wildman–Crippen LogP) is 8.92. The molecule has 6 nitrogen and oxygen atoms in total. The third kappa shape index (κ3) is 9.38. The minimum Gasteiger partial charge on any atom is -0.489 e. The molecular weight excluding hydrogens is 508 g/mol. The third-order valence-corrected chi connectivity index (χ3v) is 6.76. The highest BCUT2D eigenvalue weighted by atomic mass is 16.5. The van der Waals surface area contributed by atoms with Crippen molar-refractivity contribution in [2.24, 2.45) is 10.9 Å². The van der Waals surface area contributed by atoms with Crippen LogP contribution < -0.4 is 19.7 Å². The number of ether oxygens (including phenoxy) is 2. The molecule has 1 unspecified atom stereocenters. The first-order valence-corrected chi connectivity index (χ1v) is 15.1. The fourth-order valence-electron chi connectivity index (χ4n) is 4.49. The minimum atomic E-state index is 0.429. The highest BCUT2D eigenvalue weighted by molar-refractivity contribution is 6.08. The van der Waals surface area contributed by atoms with Crippen molar-refractivity contribution in [2.75, 3.05) is 29.9 Å². The molecule has 1 aromatic heterocycles. The quantitative estimate of drug-likeness (QED) is 0.122. The molecule has 1 N–H and O–H groups in total. The van der Waals surface area contributed by atoms with Gasteiger partial charge < -0.3 is 19.7 Å². The maximum absolute atomic E-state index is 6.20. The predicted molar refractivity (Wildman–Crippen MR) is 174 cm³/mol. The number of fused-ring (bicyclic) bond motifs is 1. The molecule has 0 bridgehead atoms. The van der Waals surface area contributed by atoms with Gasteiger partial charge in [-0.15, -0.1) is 0 Å². The summed E-state index contributed by atoms with van der Waals surface area (Å²) in [6, 6.07) is 8.21. The number of rotatable bonds is 12. The lowest BCUT2D eigenvalue weighted by Crippen LogP contribution is -2.30. The molecule has 3 rings (SSSR count). The van der Waals surface area contributed by atoms with Crippen LogP contribution in [0.3, 0.4) is 0 Å². The van der Waals surface area contributed by atoms with Crippen molar-refractivity contribution in [1.82, 2.24) is 4.98 Å². The number of aryl methyl sites for hydroxylation is 2. The van der Waals surface area contributed by atoms with Gasteiger partial charge in [0.1, 0.15) is 17.2 Å². The van der Waals surface area contributed by atoms with Crippen LogP contribution in [0, 0.1) is 19.8 Å². The normalized spacial score (nSPS) is 16.4.